The van der Waals surface area contributed by atoms with Crippen LogP contribution in [0.3, 0.4) is 0 Å². The van der Waals surface area contributed by atoms with Gasteiger partial charge in [-0.2, -0.15) is 0 Å². The summed E-state index contributed by atoms with van der Waals surface area (Å²) in [4.78, 5) is 0. The third kappa shape index (κ3) is 10.3. The molecule has 0 atom stereocenters. The van der Waals surface area contributed by atoms with E-state index in [0.717, 1.165) is 21.9 Å². The van der Waals surface area contributed by atoms with Crippen LogP contribution in [0.15, 0.2) is 405 Å². The molecular weight excluding hydrogens is 1430 g/mol. The quantitative estimate of drug-likeness (QED) is 0.114. The topological polar surface area (TPSA) is 13.1 Å². The molecule has 0 amide bonds. The molecule has 1 nitrogen and oxygen atoms in total. The van der Waals surface area contributed by atoms with Gasteiger partial charge in [0.25, 0.3) is 0 Å². The predicted octanol–water partition coefficient (Wildman–Crippen LogP) is 33.1. The molecule has 0 radical (unpaired) electrons. The molecule has 1 heteroatoms. The van der Waals surface area contributed by atoms with Gasteiger partial charge < -0.3 is 4.42 Å². The average molecular weight is 1510 g/mol. The average Bonchev–Trinajstić information content (AvgIpc) is 1.57. The van der Waals surface area contributed by atoms with Crippen LogP contribution in [0.1, 0.15) is 49.9 Å². The van der Waals surface area contributed by atoms with E-state index in [1.165, 1.54) is 230 Å². The molecule has 119 heavy (non-hydrogen) atoms. The lowest BCUT2D eigenvalue weighted by molar-refractivity contribution is 0.666. The molecule has 0 unspecified atom stereocenters. The number of para-hydroxylation sites is 1. The monoisotopic (exact) mass is 1510 g/mol. The minimum atomic E-state index is -0.165. The fourth-order valence-electron chi connectivity index (χ4n) is 21.7. The van der Waals surface area contributed by atoms with Crippen LogP contribution in [-0.4, -0.2) is 0 Å². The number of fused-ring (bicyclic) bond motifs is 26. The van der Waals surface area contributed by atoms with Crippen LogP contribution in [0.25, 0.3) is 230 Å². The predicted molar refractivity (Wildman–Crippen MR) is 508 cm³/mol. The number of rotatable bonds is 7. The Hall–Kier alpha value is -14.8. The zero-order valence-electron chi connectivity index (χ0n) is 66.5. The van der Waals surface area contributed by atoms with Gasteiger partial charge in [-0.3, -0.25) is 0 Å². The van der Waals surface area contributed by atoms with Crippen molar-refractivity contribution in [3.05, 3.63) is 423 Å². The second-order valence-corrected chi connectivity index (χ2v) is 33.8. The lowest BCUT2D eigenvalue weighted by Gasteiger charge is -2.24. The minimum Gasteiger partial charge on any atom is -0.456 e. The van der Waals surface area contributed by atoms with Crippen molar-refractivity contribution in [1.82, 2.24) is 0 Å². The van der Waals surface area contributed by atoms with Crippen LogP contribution in [0, 0.1) is 0 Å². The summed E-state index contributed by atoms with van der Waals surface area (Å²) >= 11 is 0. The van der Waals surface area contributed by atoms with Gasteiger partial charge in [-0.25, -0.2) is 0 Å². The fourth-order valence-corrected chi connectivity index (χ4v) is 21.7. The lowest BCUT2D eigenvalue weighted by atomic mass is 9.79. The summed E-state index contributed by atoms with van der Waals surface area (Å²) in [6.07, 6.45) is 0. The standard InChI is InChI=1S/C61H40O.C57H38/c1-61(2)53-30-15-29-42(58(53)59-46-23-5-3-20-43(46)44-21-4-10-28-51(44)60(59)61)39-17-14-19-41(35-39)57-49-26-8-6-24-47(49)56(48-25-7-9-27-50(48)57)40-18-13-16-37(34-40)38-32-33-55-52(36-38)45-22-11-12-31-54(45)62-55;1-57(2)51-31-15-28-39(54(51)55-45-22-7-5-20-41(45)42-21-6-12-27-50(42)56(55)57)36-17-13-18-37(34-36)52-46-23-8-10-25-48(46)53(49-26-11-9-24-47(49)52)44-30-14-29-40-38-19-4-3-16-35(38)32-33-43(40)44/h3-36H,1-2H3;3-34H,1-2H3. The van der Waals surface area contributed by atoms with E-state index >= 15 is 0 Å². The number of furan rings is 1. The van der Waals surface area contributed by atoms with E-state index in [4.69, 9.17) is 4.42 Å². The SMILES string of the molecule is CC1(C)c2cccc(-c3cccc(-c4c5ccccc5c(-c5cccc(-c6ccc7oc8ccccc8c7c6)c5)c5ccccc45)c3)c2-c2c1c1ccccc1c1ccccc21.CC1(C)c2cccc(-c3cccc(-c4c5ccccc5c(-c5cccc6c5ccc5ccccc56)c5ccccc45)c3)c2-c2c1c1ccccc1c1ccccc21. The number of benzene rings is 22. The number of hydrogen-bond acceptors (Lipinski definition) is 1. The van der Waals surface area contributed by atoms with Crippen molar-refractivity contribution in [1.29, 1.82) is 0 Å². The summed E-state index contributed by atoms with van der Waals surface area (Å²) in [5.41, 5.74) is 30.0. The first-order valence-electron chi connectivity index (χ1n) is 41.8. The molecule has 0 aliphatic heterocycles. The maximum Gasteiger partial charge on any atom is 0.135 e. The maximum absolute atomic E-state index is 6.18. The lowest BCUT2D eigenvalue weighted by Crippen LogP contribution is -2.15. The summed E-state index contributed by atoms with van der Waals surface area (Å²) in [7, 11) is 0. The Bertz CT molecular complexity index is 8190. The van der Waals surface area contributed by atoms with Crippen molar-refractivity contribution < 1.29 is 4.42 Å². The molecule has 22 aromatic carbocycles. The zero-order chi connectivity index (χ0) is 78.9. The molecule has 0 N–H and O–H groups in total. The van der Waals surface area contributed by atoms with E-state index in [1.807, 2.05) is 12.1 Å². The molecule has 0 spiro atoms. The highest BCUT2D eigenvalue weighted by molar-refractivity contribution is 6.27. The van der Waals surface area contributed by atoms with Crippen LogP contribution in [-0.2, 0) is 10.8 Å². The Balaban J connectivity index is 0.000000136. The van der Waals surface area contributed by atoms with Gasteiger partial charge in [0.1, 0.15) is 11.2 Å². The molecule has 23 aromatic rings. The molecule has 1 aromatic heterocycles. The first kappa shape index (κ1) is 68.6. The Labute approximate surface area is 690 Å². The maximum atomic E-state index is 6.18. The van der Waals surface area contributed by atoms with Gasteiger partial charge in [-0.1, -0.05) is 392 Å². The summed E-state index contributed by atoms with van der Waals surface area (Å²) in [6.45, 7) is 9.65. The molecule has 0 bridgehead atoms. The summed E-state index contributed by atoms with van der Waals surface area (Å²) in [6, 6.07) is 149. The first-order valence-corrected chi connectivity index (χ1v) is 41.8. The molecule has 0 fully saturated rings. The summed E-state index contributed by atoms with van der Waals surface area (Å²) < 4.78 is 6.18. The third-order valence-electron chi connectivity index (χ3n) is 26.8. The highest BCUT2D eigenvalue weighted by Crippen LogP contribution is 2.60. The molecule has 556 valence electrons. The zero-order valence-corrected chi connectivity index (χ0v) is 66.5. The smallest absolute Gasteiger partial charge is 0.135 e. The second-order valence-electron chi connectivity index (χ2n) is 33.8. The second kappa shape index (κ2) is 26.4. The minimum absolute atomic E-state index is 0.155. The molecule has 1 heterocycles. The van der Waals surface area contributed by atoms with E-state index in [2.05, 4.69) is 416 Å². The summed E-state index contributed by atoms with van der Waals surface area (Å²) in [5, 5.41) is 28.1. The normalized spacial score (nSPS) is 13.2. The van der Waals surface area contributed by atoms with Gasteiger partial charge in [0.2, 0.25) is 0 Å². The van der Waals surface area contributed by atoms with Gasteiger partial charge in [0, 0.05) is 21.6 Å². The summed E-state index contributed by atoms with van der Waals surface area (Å²) in [5.74, 6) is 0. The van der Waals surface area contributed by atoms with Crippen molar-refractivity contribution in [2.75, 3.05) is 0 Å². The van der Waals surface area contributed by atoms with Crippen LogP contribution >= 0.6 is 0 Å². The van der Waals surface area contributed by atoms with Crippen LogP contribution < -0.4 is 0 Å². The van der Waals surface area contributed by atoms with Crippen molar-refractivity contribution in [2.24, 2.45) is 0 Å². The Kier molecular flexibility index (Phi) is 15.2. The highest BCUT2D eigenvalue weighted by atomic mass is 16.3. The number of hydrogen-bond donors (Lipinski definition) is 0. The van der Waals surface area contributed by atoms with Crippen LogP contribution in [0.4, 0.5) is 0 Å². The molecule has 2 aliphatic carbocycles. The van der Waals surface area contributed by atoms with Crippen molar-refractivity contribution in [2.45, 2.75) is 38.5 Å². The van der Waals surface area contributed by atoms with E-state index < -0.39 is 0 Å². The Morgan fingerprint density at radius 1 is 0.160 bits per heavy atom. The third-order valence-corrected chi connectivity index (χ3v) is 26.8. The van der Waals surface area contributed by atoms with Gasteiger partial charge >= 0.3 is 0 Å². The van der Waals surface area contributed by atoms with Gasteiger partial charge in [0.05, 0.1) is 0 Å². The van der Waals surface area contributed by atoms with Crippen LogP contribution in [0.5, 0.6) is 0 Å². The van der Waals surface area contributed by atoms with Gasteiger partial charge in [-0.15, -0.1) is 0 Å². The van der Waals surface area contributed by atoms with Gasteiger partial charge in [-0.05, 0) is 267 Å². The molecule has 0 saturated heterocycles. The Morgan fingerprint density at radius 2 is 0.462 bits per heavy atom. The van der Waals surface area contributed by atoms with Crippen molar-refractivity contribution >= 4 is 130 Å². The Morgan fingerprint density at radius 3 is 0.924 bits per heavy atom. The van der Waals surface area contributed by atoms with E-state index in [1.54, 1.807) is 0 Å². The molecular formula is C118H78O. The highest BCUT2D eigenvalue weighted by Gasteiger charge is 2.42. The van der Waals surface area contributed by atoms with Crippen molar-refractivity contribution in [3.63, 3.8) is 0 Å². The van der Waals surface area contributed by atoms with E-state index in [-0.39, 0.29) is 10.8 Å². The molecule has 0 saturated carbocycles. The van der Waals surface area contributed by atoms with Gasteiger partial charge in [0.15, 0.2) is 0 Å². The fraction of sp³-hybridized carbons (Fsp3) is 0.0508. The largest absolute Gasteiger partial charge is 0.456 e. The van der Waals surface area contributed by atoms with Crippen molar-refractivity contribution in [3.8, 4) is 100 Å². The molecule has 2 aliphatic rings. The van der Waals surface area contributed by atoms with Crippen LogP contribution in [0.2, 0.25) is 0 Å². The molecule has 25 rings (SSSR count). The van der Waals surface area contributed by atoms with E-state index in [0.29, 0.717) is 0 Å². The first-order chi connectivity index (χ1) is 58.6. The van der Waals surface area contributed by atoms with E-state index in [9.17, 15) is 0 Å².